The normalized spacial score (nSPS) is 19.7. The van der Waals surface area contributed by atoms with Gasteiger partial charge in [0.25, 0.3) is 0 Å². The van der Waals surface area contributed by atoms with Gasteiger partial charge in [-0.15, -0.1) is 0 Å². The molecule has 2 aromatic carbocycles. The maximum Gasteiger partial charge on any atom is 0.0491 e. The van der Waals surface area contributed by atoms with Crippen molar-refractivity contribution in [1.82, 2.24) is 9.47 Å². The summed E-state index contributed by atoms with van der Waals surface area (Å²) in [7, 11) is 0. The fourth-order valence-corrected chi connectivity index (χ4v) is 4.23. The molecule has 23 heavy (non-hydrogen) atoms. The first-order chi connectivity index (χ1) is 11.3. The van der Waals surface area contributed by atoms with Crippen molar-refractivity contribution in [3.8, 4) is 0 Å². The Hall–Kier alpha value is -1.80. The second-order valence-electron chi connectivity index (χ2n) is 7.10. The minimum atomic E-state index is 0.842. The number of likely N-dealkylation sites (tertiary alicyclic amines) is 1. The quantitative estimate of drug-likeness (QED) is 0.657. The van der Waals surface area contributed by atoms with Crippen LogP contribution < -0.4 is 0 Å². The van der Waals surface area contributed by atoms with Gasteiger partial charge < -0.3 is 4.57 Å². The summed E-state index contributed by atoms with van der Waals surface area (Å²) in [4.78, 5) is 2.62. The van der Waals surface area contributed by atoms with Gasteiger partial charge >= 0.3 is 0 Å². The lowest BCUT2D eigenvalue weighted by Crippen LogP contribution is -2.33. The van der Waals surface area contributed by atoms with Gasteiger partial charge in [-0.3, -0.25) is 4.90 Å². The third-order valence-corrected chi connectivity index (χ3v) is 5.30. The Morgan fingerprint density at radius 3 is 2.70 bits per heavy atom. The fourth-order valence-electron chi connectivity index (χ4n) is 4.23. The van der Waals surface area contributed by atoms with Crippen molar-refractivity contribution in [1.29, 1.82) is 0 Å². The summed E-state index contributed by atoms with van der Waals surface area (Å²) >= 11 is 0. The first kappa shape index (κ1) is 14.8. The molecule has 0 unspecified atom stereocenters. The van der Waals surface area contributed by atoms with Gasteiger partial charge in [0.15, 0.2) is 0 Å². The molecule has 120 valence electrons. The molecule has 0 aliphatic carbocycles. The van der Waals surface area contributed by atoms with E-state index in [1.54, 1.807) is 0 Å². The summed E-state index contributed by atoms with van der Waals surface area (Å²) in [5.41, 5.74) is 4.17. The Morgan fingerprint density at radius 2 is 1.87 bits per heavy atom. The number of fused-ring (bicyclic) bond motifs is 3. The second kappa shape index (κ2) is 6.01. The number of aromatic nitrogens is 1. The van der Waals surface area contributed by atoms with Gasteiger partial charge in [-0.25, -0.2) is 0 Å². The topological polar surface area (TPSA) is 8.17 Å². The van der Waals surface area contributed by atoms with Gasteiger partial charge in [0.2, 0.25) is 0 Å². The molecule has 2 nitrogen and oxygen atoms in total. The van der Waals surface area contributed by atoms with Crippen molar-refractivity contribution in [3.63, 3.8) is 0 Å². The van der Waals surface area contributed by atoms with E-state index in [0.29, 0.717) is 0 Å². The van der Waals surface area contributed by atoms with Crippen LogP contribution in [0.15, 0.2) is 42.5 Å². The van der Waals surface area contributed by atoms with Crippen LogP contribution in [-0.4, -0.2) is 22.6 Å². The van der Waals surface area contributed by atoms with Gasteiger partial charge in [-0.05, 0) is 56.0 Å². The number of hydrogen-bond donors (Lipinski definition) is 0. The molecule has 0 saturated carbocycles. The highest BCUT2D eigenvalue weighted by Gasteiger charge is 2.17. The summed E-state index contributed by atoms with van der Waals surface area (Å²) in [5.74, 6) is 0.842. The van der Waals surface area contributed by atoms with Crippen molar-refractivity contribution >= 4 is 21.8 Å². The molecule has 0 bridgehead atoms. The highest BCUT2D eigenvalue weighted by atomic mass is 15.1. The van der Waals surface area contributed by atoms with E-state index in [4.69, 9.17) is 0 Å². The average Bonchev–Trinajstić information content (AvgIpc) is 2.88. The van der Waals surface area contributed by atoms with Gasteiger partial charge in [0.1, 0.15) is 0 Å². The zero-order valence-electron chi connectivity index (χ0n) is 14.3. The maximum absolute atomic E-state index is 2.62. The van der Waals surface area contributed by atoms with Crippen molar-refractivity contribution in [3.05, 3.63) is 48.0 Å². The van der Waals surface area contributed by atoms with E-state index in [9.17, 15) is 0 Å². The molecule has 0 spiro atoms. The molecule has 1 fully saturated rings. The van der Waals surface area contributed by atoms with Crippen LogP contribution in [0, 0.1) is 5.92 Å². The van der Waals surface area contributed by atoms with E-state index in [2.05, 4.69) is 65.8 Å². The summed E-state index contributed by atoms with van der Waals surface area (Å²) in [6, 6.07) is 15.9. The Morgan fingerprint density at radius 1 is 1.04 bits per heavy atom. The lowest BCUT2D eigenvalue weighted by atomic mass is 9.99. The molecule has 3 aromatic rings. The molecule has 0 amide bonds. The average molecular weight is 306 g/mol. The minimum Gasteiger partial charge on any atom is -0.341 e. The van der Waals surface area contributed by atoms with Gasteiger partial charge in [-0.1, -0.05) is 31.2 Å². The van der Waals surface area contributed by atoms with E-state index < -0.39 is 0 Å². The number of para-hydroxylation sites is 1. The summed E-state index contributed by atoms with van der Waals surface area (Å²) in [5, 5.41) is 2.79. The minimum absolute atomic E-state index is 0.842. The molecular weight excluding hydrogens is 280 g/mol. The number of nitrogens with zero attached hydrogens (tertiary/aromatic N) is 2. The SMILES string of the molecule is CCn1c2ccccc2c2cc(CN3CCC[C@@H](C)C3)ccc21. The van der Waals surface area contributed by atoms with Crippen LogP contribution in [0.4, 0.5) is 0 Å². The van der Waals surface area contributed by atoms with Gasteiger partial charge in [0.05, 0.1) is 0 Å². The first-order valence-corrected chi connectivity index (χ1v) is 8.98. The maximum atomic E-state index is 2.62. The highest BCUT2D eigenvalue weighted by Crippen LogP contribution is 2.30. The first-order valence-electron chi connectivity index (χ1n) is 8.98. The van der Waals surface area contributed by atoms with Crippen LogP contribution in [0.1, 0.15) is 32.3 Å². The zero-order chi connectivity index (χ0) is 15.8. The smallest absolute Gasteiger partial charge is 0.0491 e. The lowest BCUT2D eigenvalue weighted by molar-refractivity contribution is 0.176. The van der Waals surface area contributed by atoms with E-state index in [0.717, 1.165) is 19.0 Å². The van der Waals surface area contributed by atoms with Crippen molar-refractivity contribution in [2.75, 3.05) is 13.1 Å². The molecule has 2 heterocycles. The van der Waals surface area contributed by atoms with Crippen LogP contribution in [0.25, 0.3) is 21.8 Å². The molecule has 2 heteroatoms. The summed E-state index contributed by atoms with van der Waals surface area (Å²) in [6.07, 6.45) is 2.73. The van der Waals surface area contributed by atoms with Gasteiger partial charge in [-0.2, -0.15) is 0 Å². The van der Waals surface area contributed by atoms with Crippen LogP contribution in [0.2, 0.25) is 0 Å². The van der Waals surface area contributed by atoms with Crippen molar-refractivity contribution < 1.29 is 0 Å². The number of benzene rings is 2. The number of aryl methyl sites for hydroxylation is 1. The monoisotopic (exact) mass is 306 g/mol. The lowest BCUT2D eigenvalue weighted by Gasteiger charge is -2.30. The summed E-state index contributed by atoms with van der Waals surface area (Å²) in [6.45, 7) is 9.21. The van der Waals surface area contributed by atoms with E-state index in [1.807, 2.05) is 0 Å². The Balaban J connectivity index is 1.74. The molecule has 4 rings (SSSR count). The van der Waals surface area contributed by atoms with Crippen LogP contribution in [0.5, 0.6) is 0 Å². The molecule has 1 aliphatic heterocycles. The van der Waals surface area contributed by atoms with Crippen molar-refractivity contribution in [2.24, 2.45) is 5.92 Å². The molecule has 1 atom stereocenters. The fraction of sp³-hybridized carbons (Fsp3) is 0.429. The zero-order valence-corrected chi connectivity index (χ0v) is 14.3. The predicted octanol–water partition coefficient (Wildman–Crippen LogP) is 5.05. The third kappa shape index (κ3) is 2.66. The molecule has 0 N–H and O–H groups in total. The van der Waals surface area contributed by atoms with Gasteiger partial charge in [0, 0.05) is 41.4 Å². The van der Waals surface area contributed by atoms with Crippen molar-refractivity contribution in [2.45, 2.75) is 39.8 Å². The Labute approximate surface area is 138 Å². The Kier molecular flexibility index (Phi) is 3.86. The van der Waals surface area contributed by atoms with E-state index >= 15 is 0 Å². The molecule has 1 aromatic heterocycles. The standard InChI is InChI=1S/C21H26N2/c1-3-23-20-9-5-4-8-18(20)19-13-17(10-11-21(19)23)15-22-12-6-7-16(2)14-22/h4-5,8-11,13,16H,3,6-7,12,14-15H2,1-2H3/t16-/m1/s1. The molecule has 1 aliphatic rings. The third-order valence-electron chi connectivity index (χ3n) is 5.30. The largest absolute Gasteiger partial charge is 0.341 e. The number of piperidine rings is 1. The summed E-state index contributed by atoms with van der Waals surface area (Å²) < 4.78 is 2.43. The predicted molar refractivity (Wildman–Crippen MR) is 98.8 cm³/mol. The molecular formula is C21H26N2. The second-order valence-corrected chi connectivity index (χ2v) is 7.10. The van der Waals surface area contributed by atoms with Crippen LogP contribution >= 0.6 is 0 Å². The number of rotatable bonds is 3. The van der Waals surface area contributed by atoms with Crippen LogP contribution in [-0.2, 0) is 13.1 Å². The number of hydrogen-bond acceptors (Lipinski definition) is 1. The highest BCUT2D eigenvalue weighted by molar-refractivity contribution is 6.08. The van der Waals surface area contributed by atoms with E-state index in [-0.39, 0.29) is 0 Å². The van der Waals surface area contributed by atoms with E-state index in [1.165, 1.54) is 53.3 Å². The molecule has 0 radical (unpaired) electrons. The molecule has 1 saturated heterocycles. The van der Waals surface area contributed by atoms with Crippen LogP contribution in [0.3, 0.4) is 0 Å². The Bertz CT molecular complexity index is 830.